The zero-order valence-electron chi connectivity index (χ0n) is 12.5. The van der Waals surface area contributed by atoms with Crippen LogP contribution in [0.2, 0.25) is 5.02 Å². The Morgan fingerprint density at radius 2 is 2.30 bits per heavy atom. The van der Waals surface area contributed by atoms with E-state index in [2.05, 4.69) is 17.2 Å². The van der Waals surface area contributed by atoms with E-state index < -0.39 is 0 Å². The third kappa shape index (κ3) is 3.94. The van der Waals surface area contributed by atoms with Crippen molar-refractivity contribution in [3.8, 4) is 0 Å². The normalized spacial score (nSPS) is 18.6. The smallest absolute Gasteiger partial charge is 0.0693 e. The highest BCUT2D eigenvalue weighted by atomic mass is 35.5. The predicted molar refractivity (Wildman–Crippen MR) is 83.2 cm³/mol. The van der Waals surface area contributed by atoms with Crippen LogP contribution in [0.15, 0.2) is 18.5 Å². The molecule has 20 heavy (non-hydrogen) atoms. The van der Waals surface area contributed by atoms with Crippen molar-refractivity contribution in [2.24, 2.45) is 0 Å². The minimum absolute atomic E-state index is 0.0882. The first-order valence-electron chi connectivity index (χ1n) is 7.56. The van der Waals surface area contributed by atoms with E-state index >= 15 is 0 Å². The molecule has 1 saturated carbocycles. The molecule has 1 aliphatic rings. The van der Waals surface area contributed by atoms with Crippen molar-refractivity contribution in [1.82, 2.24) is 10.3 Å². The molecule has 0 spiro atoms. The average Bonchev–Trinajstić information content (AvgIpc) is 2.42. The molecule has 2 rings (SSSR count). The molecule has 1 aromatic heterocycles. The molecule has 1 heterocycles. The van der Waals surface area contributed by atoms with Crippen LogP contribution in [0.3, 0.4) is 0 Å². The standard InChI is InChI=1S/C16H25ClN2O/c1-3-8-19-14(11-16(20-2)6-4-7-16)10-13-5-9-18-12-15(13)17/h5,9,12,14,19H,3-4,6-8,10-11H2,1-2H3. The zero-order valence-corrected chi connectivity index (χ0v) is 13.2. The largest absolute Gasteiger partial charge is 0.378 e. The fraction of sp³-hybridized carbons (Fsp3) is 0.688. The predicted octanol–water partition coefficient (Wildman–Crippen LogP) is 3.60. The average molecular weight is 297 g/mol. The number of methoxy groups -OCH3 is 1. The number of ether oxygens (including phenoxy) is 1. The van der Waals surface area contributed by atoms with Crippen LogP contribution in [-0.4, -0.2) is 30.3 Å². The Labute approximate surface area is 127 Å². The molecule has 1 aromatic rings. The van der Waals surface area contributed by atoms with Crippen molar-refractivity contribution >= 4 is 11.6 Å². The topological polar surface area (TPSA) is 34.2 Å². The molecule has 1 N–H and O–H groups in total. The molecule has 1 atom stereocenters. The molecule has 0 saturated heterocycles. The summed E-state index contributed by atoms with van der Waals surface area (Å²) in [6, 6.07) is 2.43. The molecular formula is C16H25ClN2O. The van der Waals surface area contributed by atoms with Gasteiger partial charge in [-0.05, 0) is 56.7 Å². The highest BCUT2D eigenvalue weighted by molar-refractivity contribution is 6.31. The quantitative estimate of drug-likeness (QED) is 0.796. The minimum atomic E-state index is 0.0882. The molecular weight excluding hydrogens is 272 g/mol. The maximum absolute atomic E-state index is 6.23. The second-order valence-electron chi connectivity index (χ2n) is 5.77. The van der Waals surface area contributed by atoms with Crippen molar-refractivity contribution in [2.75, 3.05) is 13.7 Å². The number of nitrogens with zero attached hydrogens (tertiary/aromatic N) is 1. The van der Waals surface area contributed by atoms with Gasteiger partial charge >= 0.3 is 0 Å². The summed E-state index contributed by atoms with van der Waals surface area (Å²) in [4.78, 5) is 4.06. The summed E-state index contributed by atoms with van der Waals surface area (Å²) in [6.07, 6.45) is 10.3. The first-order chi connectivity index (χ1) is 9.69. The van der Waals surface area contributed by atoms with Crippen molar-refractivity contribution in [3.63, 3.8) is 0 Å². The highest BCUT2D eigenvalue weighted by Crippen LogP contribution is 2.39. The zero-order chi connectivity index (χ0) is 14.4. The molecule has 4 heteroatoms. The molecule has 1 unspecified atom stereocenters. The van der Waals surface area contributed by atoms with Crippen molar-refractivity contribution < 1.29 is 4.74 Å². The highest BCUT2D eigenvalue weighted by Gasteiger charge is 2.38. The molecule has 0 aromatic carbocycles. The van der Waals surface area contributed by atoms with E-state index in [9.17, 15) is 0 Å². The van der Waals surface area contributed by atoms with E-state index in [0.29, 0.717) is 6.04 Å². The van der Waals surface area contributed by atoms with Gasteiger partial charge in [-0.2, -0.15) is 0 Å². The van der Waals surface area contributed by atoms with Crippen LogP contribution in [-0.2, 0) is 11.2 Å². The lowest BCUT2D eigenvalue weighted by atomic mass is 9.75. The molecule has 1 aliphatic carbocycles. The van der Waals surface area contributed by atoms with Crippen LogP contribution in [0, 0.1) is 0 Å². The minimum Gasteiger partial charge on any atom is -0.378 e. The van der Waals surface area contributed by atoms with Crippen LogP contribution in [0.4, 0.5) is 0 Å². The first-order valence-corrected chi connectivity index (χ1v) is 7.94. The molecule has 0 aliphatic heterocycles. The van der Waals surface area contributed by atoms with E-state index in [1.165, 1.54) is 24.8 Å². The Balaban J connectivity index is 2.01. The van der Waals surface area contributed by atoms with E-state index in [-0.39, 0.29) is 5.60 Å². The fourth-order valence-corrected chi connectivity index (χ4v) is 3.11. The molecule has 0 bridgehead atoms. The lowest BCUT2D eigenvalue weighted by Gasteiger charge is -2.43. The summed E-state index contributed by atoms with van der Waals surface area (Å²) >= 11 is 6.23. The SMILES string of the molecule is CCCNC(Cc1ccncc1Cl)CC1(OC)CCC1. The number of pyridine rings is 1. The van der Waals surface area contributed by atoms with Gasteiger partial charge in [-0.25, -0.2) is 0 Å². The number of nitrogens with one attached hydrogen (secondary N) is 1. The fourth-order valence-electron chi connectivity index (χ4n) is 2.91. The Morgan fingerprint density at radius 1 is 1.50 bits per heavy atom. The van der Waals surface area contributed by atoms with E-state index in [0.717, 1.165) is 30.8 Å². The number of aromatic nitrogens is 1. The number of halogens is 1. The molecule has 1 fully saturated rings. The Morgan fingerprint density at radius 3 is 2.85 bits per heavy atom. The van der Waals surface area contributed by atoms with Gasteiger partial charge in [-0.3, -0.25) is 4.98 Å². The lowest BCUT2D eigenvalue weighted by molar-refractivity contribution is -0.0834. The number of hydrogen-bond acceptors (Lipinski definition) is 3. The van der Waals surface area contributed by atoms with Crippen molar-refractivity contribution in [1.29, 1.82) is 0 Å². The summed E-state index contributed by atoms with van der Waals surface area (Å²) in [5.41, 5.74) is 1.26. The number of hydrogen-bond donors (Lipinski definition) is 1. The van der Waals surface area contributed by atoms with E-state index in [1.807, 2.05) is 19.4 Å². The van der Waals surface area contributed by atoms with Crippen molar-refractivity contribution in [2.45, 2.75) is 57.1 Å². The Bertz CT molecular complexity index is 415. The van der Waals surface area contributed by atoms with Crippen LogP contribution < -0.4 is 5.32 Å². The van der Waals surface area contributed by atoms with Crippen molar-refractivity contribution in [3.05, 3.63) is 29.0 Å². The summed E-state index contributed by atoms with van der Waals surface area (Å²) in [6.45, 7) is 3.23. The molecule has 112 valence electrons. The molecule has 0 radical (unpaired) electrons. The molecule has 0 amide bonds. The molecule has 3 nitrogen and oxygen atoms in total. The van der Waals surface area contributed by atoms with E-state index in [1.54, 1.807) is 6.20 Å². The second-order valence-corrected chi connectivity index (χ2v) is 6.17. The maximum Gasteiger partial charge on any atom is 0.0693 e. The van der Waals surface area contributed by atoms with Crippen LogP contribution in [0.25, 0.3) is 0 Å². The summed E-state index contributed by atoms with van der Waals surface area (Å²) < 4.78 is 5.77. The van der Waals surface area contributed by atoms with Gasteiger partial charge in [0.2, 0.25) is 0 Å². The Hall–Kier alpha value is -0.640. The summed E-state index contributed by atoms with van der Waals surface area (Å²) in [5.74, 6) is 0. The van der Waals surface area contributed by atoms with Crippen LogP contribution >= 0.6 is 11.6 Å². The second kappa shape index (κ2) is 7.39. The van der Waals surface area contributed by atoms with Crippen LogP contribution in [0.5, 0.6) is 0 Å². The maximum atomic E-state index is 6.23. The van der Waals surface area contributed by atoms with Crippen LogP contribution in [0.1, 0.15) is 44.6 Å². The number of rotatable bonds is 8. The van der Waals surface area contributed by atoms with Gasteiger partial charge in [0.1, 0.15) is 0 Å². The van der Waals surface area contributed by atoms with Gasteiger partial charge in [0.25, 0.3) is 0 Å². The van der Waals surface area contributed by atoms with Gasteiger partial charge < -0.3 is 10.1 Å². The third-order valence-corrected chi connectivity index (χ3v) is 4.66. The summed E-state index contributed by atoms with van der Waals surface area (Å²) in [7, 11) is 1.84. The monoisotopic (exact) mass is 296 g/mol. The lowest BCUT2D eigenvalue weighted by Crippen LogP contribution is -2.46. The third-order valence-electron chi connectivity index (χ3n) is 4.32. The summed E-state index contributed by atoms with van der Waals surface area (Å²) in [5, 5.41) is 4.40. The van der Waals surface area contributed by atoms with Gasteiger partial charge in [0, 0.05) is 25.5 Å². The Kier molecular flexibility index (Phi) is 5.82. The van der Waals surface area contributed by atoms with Gasteiger partial charge in [0.15, 0.2) is 0 Å². The van der Waals surface area contributed by atoms with Gasteiger partial charge in [-0.1, -0.05) is 18.5 Å². The first kappa shape index (κ1) is 15.7. The van der Waals surface area contributed by atoms with E-state index in [4.69, 9.17) is 16.3 Å². The van der Waals surface area contributed by atoms with Gasteiger partial charge in [0.05, 0.1) is 10.6 Å². The van der Waals surface area contributed by atoms with Gasteiger partial charge in [-0.15, -0.1) is 0 Å².